The lowest BCUT2D eigenvalue weighted by Crippen LogP contribution is -2.54. The van der Waals surface area contributed by atoms with Crippen molar-refractivity contribution in [3.63, 3.8) is 0 Å². The van der Waals surface area contributed by atoms with Crippen molar-refractivity contribution in [3.05, 3.63) is 30.3 Å². The number of benzene rings is 1. The standard InChI is InChI=1S/C16H21N3O2/c1-17(2)16(21)18-11-10-14-13(18)8-9-15(20)19(14)12-6-4-3-5-7-12/h3-7,13-14H,8-11H2,1-2H3/t13-,14-/m0/s1. The van der Waals surface area contributed by atoms with E-state index < -0.39 is 0 Å². The molecule has 2 aliphatic rings. The van der Waals surface area contributed by atoms with Gasteiger partial charge in [0, 0.05) is 32.7 Å². The number of piperidine rings is 1. The van der Waals surface area contributed by atoms with Crippen molar-refractivity contribution >= 4 is 17.6 Å². The predicted octanol–water partition coefficient (Wildman–Crippen LogP) is 1.94. The summed E-state index contributed by atoms with van der Waals surface area (Å²) in [7, 11) is 3.55. The molecule has 2 fully saturated rings. The fourth-order valence-corrected chi connectivity index (χ4v) is 3.48. The molecule has 0 aromatic heterocycles. The number of carbonyl (C=O) groups is 2. The number of carbonyl (C=O) groups excluding carboxylic acids is 2. The third-order valence-corrected chi connectivity index (χ3v) is 4.43. The average Bonchev–Trinajstić information content (AvgIpc) is 2.90. The molecule has 21 heavy (non-hydrogen) atoms. The van der Waals surface area contributed by atoms with Gasteiger partial charge >= 0.3 is 6.03 Å². The summed E-state index contributed by atoms with van der Waals surface area (Å²) in [5.74, 6) is 0.168. The zero-order valence-corrected chi connectivity index (χ0v) is 12.5. The quantitative estimate of drug-likeness (QED) is 0.792. The highest BCUT2D eigenvalue weighted by molar-refractivity contribution is 5.95. The van der Waals surface area contributed by atoms with Crippen molar-refractivity contribution in [2.24, 2.45) is 0 Å². The van der Waals surface area contributed by atoms with Gasteiger partial charge in [0.1, 0.15) is 0 Å². The van der Waals surface area contributed by atoms with Gasteiger partial charge in [-0.2, -0.15) is 0 Å². The lowest BCUT2D eigenvalue weighted by molar-refractivity contribution is -0.120. The average molecular weight is 287 g/mol. The zero-order valence-electron chi connectivity index (χ0n) is 12.5. The van der Waals surface area contributed by atoms with Crippen molar-refractivity contribution in [2.75, 3.05) is 25.5 Å². The van der Waals surface area contributed by atoms with Crippen LogP contribution in [0.15, 0.2) is 30.3 Å². The van der Waals surface area contributed by atoms with Crippen LogP contribution in [0.1, 0.15) is 19.3 Å². The number of rotatable bonds is 1. The number of amides is 3. The second-order valence-electron chi connectivity index (χ2n) is 5.93. The summed E-state index contributed by atoms with van der Waals surface area (Å²) < 4.78 is 0. The van der Waals surface area contributed by atoms with Crippen LogP contribution in [0.5, 0.6) is 0 Å². The first-order valence-electron chi connectivity index (χ1n) is 7.44. The molecule has 1 aromatic carbocycles. The molecule has 112 valence electrons. The Hall–Kier alpha value is -2.04. The first kappa shape index (κ1) is 13.9. The molecule has 2 saturated heterocycles. The lowest BCUT2D eigenvalue weighted by Gasteiger charge is -2.40. The van der Waals surface area contributed by atoms with Crippen molar-refractivity contribution < 1.29 is 9.59 Å². The third kappa shape index (κ3) is 2.37. The molecule has 0 N–H and O–H groups in total. The molecular formula is C16H21N3O2. The van der Waals surface area contributed by atoms with E-state index in [4.69, 9.17) is 0 Å². The summed E-state index contributed by atoms with van der Waals surface area (Å²) in [5.41, 5.74) is 0.941. The van der Waals surface area contributed by atoms with Gasteiger partial charge in [0.15, 0.2) is 0 Å². The summed E-state index contributed by atoms with van der Waals surface area (Å²) >= 11 is 0. The number of para-hydroxylation sites is 1. The Morgan fingerprint density at radius 2 is 1.86 bits per heavy atom. The molecule has 0 spiro atoms. The monoisotopic (exact) mass is 287 g/mol. The van der Waals surface area contributed by atoms with Crippen LogP contribution >= 0.6 is 0 Å². The van der Waals surface area contributed by atoms with Gasteiger partial charge in [0.2, 0.25) is 5.91 Å². The van der Waals surface area contributed by atoms with Crippen molar-refractivity contribution in [1.82, 2.24) is 9.80 Å². The third-order valence-electron chi connectivity index (χ3n) is 4.43. The Morgan fingerprint density at radius 1 is 1.14 bits per heavy atom. The van der Waals surface area contributed by atoms with Gasteiger partial charge in [-0.05, 0) is 25.0 Å². The second kappa shape index (κ2) is 5.39. The molecule has 3 amide bonds. The van der Waals surface area contributed by atoms with E-state index in [9.17, 15) is 9.59 Å². The van der Waals surface area contributed by atoms with Gasteiger partial charge < -0.3 is 14.7 Å². The van der Waals surface area contributed by atoms with E-state index in [2.05, 4.69) is 0 Å². The van der Waals surface area contributed by atoms with Crippen LogP contribution in [0.4, 0.5) is 10.5 Å². The molecule has 0 unspecified atom stereocenters. The Kier molecular flexibility index (Phi) is 3.57. The van der Waals surface area contributed by atoms with Crippen LogP contribution in [0.25, 0.3) is 0 Å². The number of anilines is 1. The molecular weight excluding hydrogens is 266 g/mol. The van der Waals surface area contributed by atoms with Gasteiger partial charge in [0.05, 0.1) is 12.1 Å². The fourth-order valence-electron chi connectivity index (χ4n) is 3.48. The number of hydrogen-bond donors (Lipinski definition) is 0. The molecule has 2 aliphatic heterocycles. The molecule has 2 heterocycles. The summed E-state index contributed by atoms with van der Waals surface area (Å²) in [6.07, 6.45) is 2.13. The second-order valence-corrected chi connectivity index (χ2v) is 5.93. The van der Waals surface area contributed by atoms with E-state index in [1.54, 1.807) is 19.0 Å². The minimum atomic E-state index is 0.0462. The van der Waals surface area contributed by atoms with Crippen molar-refractivity contribution in [2.45, 2.75) is 31.3 Å². The van der Waals surface area contributed by atoms with E-state index in [-0.39, 0.29) is 24.0 Å². The molecule has 5 nitrogen and oxygen atoms in total. The van der Waals surface area contributed by atoms with Gasteiger partial charge in [-0.25, -0.2) is 4.79 Å². The van der Waals surface area contributed by atoms with Crippen LogP contribution in [-0.2, 0) is 4.79 Å². The van der Waals surface area contributed by atoms with Crippen LogP contribution in [0.2, 0.25) is 0 Å². The fraction of sp³-hybridized carbons (Fsp3) is 0.500. The van der Waals surface area contributed by atoms with Crippen molar-refractivity contribution in [1.29, 1.82) is 0 Å². The van der Waals surface area contributed by atoms with Crippen LogP contribution < -0.4 is 4.90 Å². The topological polar surface area (TPSA) is 43.9 Å². The highest BCUT2D eigenvalue weighted by Gasteiger charge is 2.45. The first-order valence-corrected chi connectivity index (χ1v) is 7.44. The Morgan fingerprint density at radius 3 is 2.52 bits per heavy atom. The van der Waals surface area contributed by atoms with E-state index in [0.717, 1.165) is 25.1 Å². The number of fused-ring (bicyclic) bond motifs is 1. The van der Waals surface area contributed by atoms with Crippen LogP contribution in [0, 0.1) is 0 Å². The Bertz CT molecular complexity index is 544. The molecule has 1 aromatic rings. The highest BCUT2D eigenvalue weighted by Crippen LogP contribution is 2.34. The van der Waals surface area contributed by atoms with Crippen molar-refractivity contribution in [3.8, 4) is 0 Å². The van der Waals surface area contributed by atoms with Gasteiger partial charge in [-0.1, -0.05) is 18.2 Å². The van der Waals surface area contributed by atoms with Crippen LogP contribution in [0.3, 0.4) is 0 Å². The van der Waals surface area contributed by atoms with Gasteiger partial charge in [-0.3, -0.25) is 4.79 Å². The first-order chi connectivity index (χ1) is 10.1. The van der Waals surface area contributed by atoms with Crippen LogP contribution in [-0.4, -0.2) is 54.5 Å². The largest absolute Gasteiger partial charge is 0.331 e. The predicted molar refractivity (Wildman–Crippen MR) is 81.1 cm³/mol. The Labute approximate surface area is 125 Å². The summed E-state index contributed by atoms with van der Waals surface area (Å²) in [6, 6.07) is 10.1. The summed E-state index contributed by atoms with van der Waals surface area (Å²) in [6.45, 7) is 0.725. The summed E-state index contributed by atoms with van der Waals surface area (Å²) in [5, 5.41) is 0. The molecule has 0 aliphatic carbocycles. The maximum Gasteiger partial charge on any atom is 0.319 e. The number of likely N-dealkylation sites (tertiary alicyclic amines) is 1. The Balaban J connectivity index is 1.87. The minimum absolute atomic E-state index is 0.0462. The molecule has 3 rings (SSSR count). The van der Waals surface area contributed by atoms with E-state index >= 15 is 0 Å². The minimum Gasteiger partial charge on any atom is -0.331 e. The molecule has 2 atom stereocenters. The van der Waals surface area contributed by atoms with Gasteiger partial charge in [0.25, 0.3) is 0 Å². The zero-order chi connectivity index (χ0) is 15.0. The number of hydrogen-bond acceptors (Lipinski definition) is 2. The molecule has 0 saturated carbocycles. The highest BCUT2D eigenvalue weighted by atomic mass is 16.2. The maximum atomic E-state index is 12.4. The lowest BCUT2D eigenvalue weighted by atomic mass is 9.95. The molecule has 0 radical (unpaired) electrons. The molecule has 5 heteroatoms. The number of nitrogens with zero attached hydrogens (tertiary/aromatic N) is 3. The van der Waals surface area contributed by atoms with E-state index in [0.29, 0.717) is 6.42 Å². The number of urea groups is 1. The van der Waals surface area contributed by atoms with E-state index in [1.807, 2.05) is 40.1 Å². The maximum absolute atomic E-state index is 12.4. The smallest absolute Gasteiger partial charge is 0.319 e. The van der Waals surface area contributed by atoms with E-state index in [1.165, 1.54) is 0 Å². The SMILES string of the molecule is CN(C)C(=O)N1CC[C@H]2[C@@H]1CCC(=O)N2c1ccccc1. The molecule has 0 bridgehead atoms. The normalized spacial score (nSPS) is 25.0. The van der Waals surface area contributed by atoms with Gasteiger partial charge in [-0.15, -0.1) is 0 Å². The summed E-state index contributed by atoms with van der Waals surface area (Å²) in [4.78, 5) is 30.1.